The summed E-state index contributed by atoms with van der Waals surface area (Å²) in [5.74, 6) is 0.736. The van der Waals surface area contributed by atoms with Gasteiger partial charge in [0.15, 0.2) is 6.61 Å². The van der Waals surface area contributed by atoms with Crippen LogP contribution >= 0.6 is 23.8 Å². The second-order valence-corrected chi connectivity index (χ2v) is 6.37. The molecule has 0 aliphatic carbocycles. The van der Waals surface area contributed by atoms with Crippen molar-refractivity contribution in [3.8, 4) is 5.75 Å². The Hall–Kier alpha value is -2.64. The normalized spacial score (nSPS) is 10.5. The van der Waals surface area contributed by atoms with Gasteiger partial charge in [0, 0.05) is 10.7 Å². The predicted octanol–water partition coefficient (Wildman–Crippen LogP) is 4.39. The third-order valence-electron chi connectivity index (χ3n) is 3.42. The van der Waals surface area contributed by atoms with E-state index in [-0.39, 0.29) is 23.9 Å². The molecule has 0 aliphatic heterocycles. The molecule has 3 rings (SSSR count). The SMILES string of the molecule is Cc1cccc(OCc2nn(CC(=O)Nc3ccc(Cl)cc3)c(=S)o2)c1. The van der Waals surface area contributed by atoms with Crippen molar-refractivity contribution in [2.24, 2.45) is 0 Å². The Morgan fingerprint density at radius 2 is 2.08 bits per heavy atom. The lowest BCUT2D eigenvalue weighted by molar-refractivity contribution is -0.117. The quantitative estimate of drug-likeness (QED) is 0.633. The number of anilines is 1. The van der Waals surface area contributed by atoms with Gasteiger partial charge >= 0.3 is 0 Å². The van der Waals surface area contributed by atoms with Crippen LogP contribution in [0.3, 0.4) is 0 Å². The zero-order valence-electron chi connectivity index (χ0n) is 13.9. The lowest BCUT2D eigenvalue weighted by Crippen LogP contribution is -2.19. The number of rotatable bonds is 6. The van der Waals surface area contributed by atoms with Gasteiger partial charge in [0.2, 0.25) is 5.91 Å². The van der Waals surface area contributed by atoms with Gasteiger partial charge in [-0.2, -0.15) is 0 Å². The van der Waals surface area contributed by atoms with E-state index in [2.05, 4.69) is 10.4 Å². The van der Waals surface area contributed by atoms with Crippen LogP contribution in [-0.4, -0.2) is 15.7 Å². The van der Waals surface area contributed by atoms with Crippen LogP contribution < -0.4 is 10.1 Å². The second-order valence-electron chi connectivity index (χ2n) is 5.58. The summed E-state index contributed by atoms with van der Waals surface area (Å²) < 4.78 is 12.3. The third kappa shape index (κ3) is 4.93. The molecule has 0 radical (unpaired) electrons. The standard InChI is InChI=1S/C18H16ClN3O3S/c1-12-3-2-4-15(9-12)24-11-17-21-22(18(26)25-17)10-16(23)20-14-7-5-13(19)6-8-14/h2-9H,10-11H2,1H3,(H,20,23). The molecular formula is C18H16ClN3O3S. The third-order valence-corrected chi connectivity index (χ3v) is 3.97. The molecule has 1 amide bonds. The predicted molar refractivity (Wildman–Crippen MR) is 101 cm³/mol. The molecule has 0 saturated carbocycles. The number of hydrogen-bond donors (Lipinski definition) is 1. The topological polar surface area (TPSA) is 69.3 Å². The fraction of sp³-hybridized carbons (Fsp3) is 0.167. The van der Waals surface area contributed by atoms with Crippen molar-refractivity contribution in [2.45, 2.75) is 20.1 Å². The van der Waals surface area contributed by atoms with Gasteiger partial charge in [-0.3, -0.25) is 4.79 Å². The van der Waals surface area contributed by atoms with Crippen molar-refractivity contribution in [1.82, 2.24) is 9.78 Å². The monoisotopic (exact) mass is 389 g/mol. The van der Waals surface area contributed by atoms with Crippen molar-refractivity contribution in [2.75, 3.05) is 5.32 Å². The number of aryl methyl sites for hydroxylation is 1. The molecule has 6 nitrogen and oxygen atoms in total. The van der Waals surface area contributed by atoms with Crippen molar-refractivity contribution >= 4 is 35.4 Å². The van der Waals surface area contributed by atoms with Crippen LogP contribution in [0.1, 0.15) is 11.5 Å². The molecular weight excluding hydrogens is 374 g/mol. The van der Waals surface area contributed by atoms with Crippen molar-refractivity contribution in [1.29, 1.82) is 0 Å². The van der Waals surface area contributed by atoms with E-state index in [9.17, 15) is 4.79 Å². The first-order valence-electron chi connectivity index (χ1n) is 7.81. The van der Waals surface area contributed by atoms with Gasteiger partial charge in [-0.1, -0.05) is 23.7 Å². The first-order chi connectivity index (χ1) is 12.5. The number of ether oxygens (including phenoxy) is 1. The number of nitrogens with zero attached hydrogens (tertiary/aromatic N) is 2. The maximum atomic E-state index is 12.1. The Bertz CT molecular complexity index is 966. The molecule has 3 aromatic rings. The van der Waals surface area contributed by atoms with E-state index in [1.165, 1.54) is 4.68 Å². The van der Waals surface area contributed by atoms with Gasteiger partial charge < -0.3 is 14.5 Å². The Morgan fingerprint density at radius 3 is 2.81 bits per heavy atom. The highest BCUT2D eigenvalue weighted by Crippen LogP contribution is 2.15. The lowest BCUT2D eigenvalue weighted by Gasteiger charge is -2.05. The lowest BCUT2D eigenvalue weighted by atomic mass is 10.2. The zero-order chi connectivity index (χ0) is 18.5. The molecule has 1 aromatic heterocycles. The molecule has 26 heavy (non-hydrogen) atoms. The van der Waals surface area contributed by atoms with Crippen molar-refractivity contribution < 1.29 is 13.9 Å². The maximum absolute atomic E-state index is 12.1. The van der Waals surface area contributed by atoms with Crippen LogP contribution in [0.2, 0.25) is 5.02 Å². The van der Waals surface area contributed by atoms with Gasteiger partial charge in [-0.25, -0.2) is 4.68 Å². The highest BCUT2D eigenvalue weighted by molar-refractivity contribution is 7.71. The summed E-state index contributed by atoms with van der Waals surface area (Å²) in [5, 5.41) is 7.52. The molecule has 1 N–H and O–H groups in total. The number of nitrogens with one attached hydrogen (secondary N) is 1. The smallest absolute Gasteiger partial charge is 0.287 e. The molecule has 1 heterocycles. The summed E-state index contributed by atoms with van der Waals surface area (Å²) >= 11 is 10.9. The second kappa shape index (κ2) is 8.16. The van der Waals surface area contributed by atoms with Gasteiger partial charge in [0.05, 0.1) is 0 Å². The molecule has 134 valence electrons. The summed E-state index contributed by atoms with van der Waals surface area (Å²) in [7, 11) is 0. The van der Waals surface area contributed by atoms with E-state index in [1.54, 1.807) is 24.3 Å². The van der Waals surface area contributed by atoms with E-state index in [0.717, 1.165) is 5.56 Å². The molecule has 8 heteroatoms. The fourth-order valence-electron chi connectivity index (χ4n) is 2.23. The molecule has 0 atom stereocenters. The number of halogens is 1. The number of aromatic nitrogens is 2. The molecule has 0 fully saturated rings. The number of carbonyl (C=O) groups excluding carboxylic acids is 1. The summed E-state index contributed by atoms with van der Waals surface area (Å²) in [6.07, 6.45) is 0. The van der Waals surface area contributed by atoms with Gasteiger partial charge in [-0.15, -0.1) is 5.10 Å². The van der Waals surface area contributed by atoms with Crippen LogP contribution in [0.15, 0.2) is 52.9 Å². The number of carbonyl (C=O) groups is 1. The number of hydrogen-bond acceptors (Lipinski definition) is 5. The van der Waals surface area contributed by atoms with E-state index in [1.807, 2.05) is 31.2 Å². The molecule has 0 unspecified atom stereocenters. The Balaban J connectivity index is 1.59. The van der Waals surface area contributed by atoms with Crippen LogP contribution in [0.4, 0.5) is 5.69 Å². The van der Waals surface area contributed by atoms with Crippen molar-refractivity contribution in [3.05, 3.63) is 69.8 Å². The van der Waals surface area contributed by atoms with E-state index in [4.69, 9.17) is 33.0 Å². The maximum Gasteiger partial charge on any atom is 0.287 e. The average molecular weight is 390 g/mol. The Labute approximate surface area is 160 Å². The van der Waals surface area contributed by atoms with Gasteiger partial charge in [0.25, 0.3) is 10.7 Å². The van der Waals surface area contributed by atoms with E-state index >= 15 is 0 Å². The van der Waals surface area contributed by atoms with Crippen LogP contribution in [0, 0.1) is 11.8 Å². The molecule has 0 aliphatic rings. The summed E-state index contributed by atoms with van der Waals surface area (Å²) in [4.78, 5) is 12.2. The zero-order valence-corrected chi connectivity index (χ0v) is 15.5. The largest absolute Gasteiger partial charge is 0.484 e. The first kappa shape index (κ1) is 18.2. The minimum absolute atomic E-state index is 0.0601. The van der Waals surface area contributed by atoms with E-state index in [0.29, 0.717) is 22.4 Å². The molecule has 0 bridgehead atoms. The highest BCUT2D eigenvalue weighted by Gasteiger charge is 2.11. The van der Waals surface area contributed by atoms with E-state index < -0.39 is 0 Å². The summed E-state index contributed by atoms with van der Waals surface area (Å²) in [6.45, 7) is 2.04. The number of amides is 1. The van der Waals surface area contributed by atoms with Crippen LogP contribution in [0.25, 0.3) is 0 Å². The van der Waals surface area contributed by atoms with Gasteiger partial charge in [-0.05, 0) is 61.1 Å². The average Bonchev–Trinajstić information content (AvgIpc) is 2.95. The number of benzene rings is 2. The Morgan fingerprint density at radius 1 is 1.31 bits per heavy atom. The summed E-state index contributed by atoms with van der Waals surface area (Å²) in [5.41, 5.74) is 1.73. The van der Waals surface area contributed by atoms with Crippen LogP contribution in [-0.2, 0) is 17.9 Å². The minimum Gasteiger partial charge on any atom is -0.484 e. The first-order valence-corrected chi connectivity index (χ1v) is 8.60. The Kier molecular flexibility index (Phi) is 5.70. The minimum atomic E-state index is -0.275. The van der Waals surface area contributed by atoms with Gasteiger partial charge in [0.1, 0.15) is 12.3 Å². The molecule has 2 aromatic carbocycles. The van der Waals surface area contributed by atoms with Crippen molar-refractivity contribution in [3.63, 3.8) is 0 Å². The highest BCUT2D eigenvalue weighted by atomic mass is 35.5. The molecule has 0 saturated heterocycles. The fourth-order valence-corrected chi connectivity index (χ4v) is 2.56. The molecule has 0 spiro atoms. The van der Waals surface area contributed by atoms with Crippen LogP contribution in [0.5, 0.6) is 5.75 Å². The summed E-state index contributed by atoms with van der Waals surface area (Å²) in [6, 6.07) is 14.4.